The van der Waals surface area contributed by atoms with Crippen molar-refractivity contribution in [1.82, 2.24) is 9.55 Å². The summed E-state index contributed by atoms with van der Waals surface area (Å²) in [5, 5.41) is 3.44. The van der Waals surface area contributed by atoms with Crippen LogP contribution in [0.1, 0.15) is 47.1 Å². The first kappa shape index (κ1) is 19.3. The molecular formula is C21H21N3O4S. The van der Waals surface area contributed by atoms with E-state index in [2.05, 4.69) is 10.3 Å². The number of nitrogens with zero attached hydrogens (tertiary/aromatic N) is 2. The van der Waals surface area contributed by atoms with Gasteiger partial charge in [0, 0.05) is 10.6 Å². The van der Waals surface area contributed by atoms with Crippen molar-refractivity contribution in [3.8, 4) is 0 Å². The zero-order valence-corrected chi connectivity index (χ0v) is 17.0. The Morgan fingerprint density at radius 2 is 2.03 bits per heavy atom. The summed E-state index contributed by atoms with van der Waals surface area (Å²) in [6.07, 6.45) is 4.39. The summed E-state index contributed by atoms with van der Waals surface area (Å²) in [5.74, 6) is -0.739. The first-order valence-electron chi connectivity index (χ1n) is 9.59. The molecule has 0 aliphatic heterocycles. The Labute approximate surface area is 171 Å². The summed E-state index contributed by atoms with van der Waals surface area (Å²) < 4.78 is 6.33. The molecule has 1 N–H and O–H groups in total. The highest BCUT2D eigenvalue weighted by molar-refractivity contribution is 7.18. The first-order chi connectivity index (χ1) is 14.0. The van der Waals surface area contributed by atoms with E-state index in [1.54, 1.807) is 49.4 Å². The third-order valence-electron chi connectivity index (χ3n) is 5.11. The topological polar surface area (TPSA) is 90.3 Å². The van der Waals surface area contributed by atoms with Gasteiger partial charge >= 0.3 is 5.97 Å². The lowest BCUT2D eigenvalue weighted by Crippen LogP contribution is -2.31. The molecule has 3 aromatic rings. The molecule has 150 valence electrons. The molecule has 1 aliphatic carbocycles. The maximum atomic E-state index is 13.0. The van der Waals surface area contributed by atoms with Crippen LogP contribution in [0.5, 0.6) is 0 Å². The molecule has 1 aromatic carbocycles. The Bertz CT molecular complexity index is 1150. The number of hydrogen-bond donors (Lipinski definition) is 1. The van der Waals surface area contributed by atoms with Crippen LogP contribution in [0, 0.1) is 0 Å². The molecule has 0 radical (unpaired) electrons. The fourth-order valence-electron chi connectivity index (χ4n) is 3.55. The molecule has 29 heavy (non-hydrogen) atoms. The van der Waals surface area contributed by atoms with Gasteiger partial charge in [0.2, 0.25) is 5.91 Å². The highest BCUT2D eigenvalue weighted by Crippen LogP contribution is 2.34. The number of anilines is 1. The summed E-state index contributed by atoms with van der Waals surface area (Å²) in [7, 11) is 0. The van der Waals surface area contributed by atoms with E-state index in [1.165, 1.54) is 15.8 Å². The normalized spacial score (nSPS) is 13.9. The number of carbonyl (C=O) groups excluding carboxylic acids is 2. The van der Waals surface area contributed by atoms with E-state index < -0.39 is 12.0 Å². The Kier molecular flexibility index (Phi) is 5.19. The summed E-state index contributed by atoms with van der Waals surface area (Å²) in [4.78, 5) is 43.9. The molecule has 0 bridgehead atoms. The van der Waals surface area contributed by atoms with Crippen molar-refractivity contribution < 1.29 is 14.3 Å². The van der Waals surface area contributed by atoms with Gasteiger partial charge in [-0.25, -0.2) is 9.78 Å². The summed E-state index contributed by atoms with van der Waals surface area (Å²) in [6, 6.07) is 5.72. The third-order valence-corrected chi connectivity index (χ3v) is 6.31. The number of amides is 1. The first-order valence-corrected chi connectivity index (χ1v) is 10.4. The maximum absolute atomic E-state index is 13.0. The van der Waals surface area contributed by atoms with Crippen LogP contribution in [0.15, 0.2) is 35.4 Å². The number of aryl methyl sites for hydroxylation is 2. The molecule has 1 amide bonds. The average Bonchev–Trinajstić information content (AvgIpc) is 3.29. The smallest absolute Gasteiger partial charge is 0.338 e. The van der Waals surface area contributed by atoms with Gasteiger partial charge in [-0.15, -0.1) is 11.3 Å². The van der Waals surface area contributed by atoms with Crippen molar-refractivity contribution in [2.45, 2.75) is 39.2 Å². The van der Waals surface area contributed by atoms with Crippen molar-refractivity contribution in [3.05, 3.63) is 57.0 Å². The van der Waals surface area contributed by atoms with Gasteiger partial charge in [-0.2, -0.15) is 0 Å². The highest BCUT2D eigenvalue weighted by atomic mass is 32.1. The molecule has 0 fully saturated rings. The monoisotopic (exact) mass is 411 g/mol. The number of hydrogen-bond acceptors (Lipinski definition) is 6. The SMILES string of the molecule is CCOC(=O)c1ccc(NC(=O)C(C)n2cnc3sc4c(c3c2=O)CCC4)cc1. The van der Waals surface area contributed by atoms with Crippen LogP contribution in [0.3, 0.4) is 0 Å². The van der Waals surface area contributed by atoms with Gasteiger partial charge < -0.3 is 10.1 Å². The van der Waals surface area contributed by atoms with Gasteiger partial charge in [0.15, 0.2) is 0 Å². The van der Waals surface area contributed by atoms with E-state index in [9.17, 15) is 14.4 Å². The minimum absolute atomic E-state index is 0.172. The number of esters is 1. The molecule has 1 unspecified atom stereocenters. The fourth-order valence-corrected chi connectivity index (χ4v) is 4.77. The number of fused-ring (bicyclic) bond motifs is 3. The van der Waals surface area contributed by atoms with Crippen LogP contribution in [0.25, 0.3) is 10.2 Å². The maximum Gasteiger partial charge on any atom is 0.338 e. The third kappa shape index (κ3) is 3.55. The second-order valence-electron chi connectivity index (χ2n) is 6.96. The van der Waals surface area contributed by atoms with Gasteiger partial charge in [0.05, 0.1) is 23.9 Å². The Hall–Kier alpha value is -3.00. The number of aromatic nitrogens is 2. The quantitative estimate of drug-likeness (QED) is 0.651. The second kappa shape index (κ2) is 7.79. The van der Waals surface area contributed by atoms with Crippen LogP contribution in [0.4, 0.5) is 5.69 Å². The molecule has 2 heterocycles. The summed E-state index contributed by atoms with van der Waals surface area (Å²) >= 11 is 1.58. The number of rotatable bonds is 5. The molecule has 0 saturated carbocycles. The van der Waals surface area contributed by atoms with Crippen molar-refractivity contribution in [2.24, 2.45) is 0 Å². The number of ether oxygens (including phenoxy) is 1. The molecular weight excluding hydrogens is 390 g/mol. The largest absolute Gasteiger partial charge is 0.462 e. The van der Waals surface area contributed by atoms with Crippen LogP contribution < -0.4 is 10.9 Å². The number of carbonyl (C=O) groups is 2. The van der Waals surface area contributed by atoms with E-state index in [4.69, 9.17) is 4.74 Å². The van der Waals surface area contributed by atoms with E-state index in [0.717, 1.165) is 29.7 Å². The zero-order chi connectivity index (χ0) is 20.5. The lowest BCUT2D eigenvalue weighted by Gasteiger charge is -2.15. The van der Waals surface area contributed by atoms with Crippen LogP contribution in [0.2, 0.25) is 0 Å². The summed E-state index contributed by atoms with van der Waals surface area (Å²) in [6.45, 7) is 3.71. The van der Waals surface area contributed by atoms with Gasteiger partial charge in [0.1, 0.15) is 10.9 Å². The number of nitrogens with one attached hydrogen (secondary N) is 1. The second-order valence-corrected chi connectivity index (χ2v) is 8.04. The van der Waals surface area contributed by atoms with Gasteiger partial charge in [0.25, 0.3) is 5.56 Å². The molecule has 7 nitrogen and oxygen atoms in total. The summed E-state index contributed by atoms with van der Waals surface area (Å²) in [5.41, 5.74) is 1.87. The molecule has 8 heteroatoms. The van der Waals surface area contributed by atoms with Crippen LogP contribution >= 0.6 is 11.3 Å². The minimum atomic E-state index is -0.721. The number of thiophene rings is 1. The molecule has 1 atom stereocenters. The molecule has 0 spiro atoms. The van der Waals surface area contributed by atoms with E-state index in [-0.39, 0.29) is 11.5 Å². The van der Waals surface area contributed by atoms with Crippen LogP contribution in [-0.4, -0.2) is 28.0 Å². The molecule has 4 rings (SSSR count). The van der Waals surface area contributed by atoms with E-state index in [1.807, 2.05) is 0 Å². The lowest BCUT2D eigenvalue weighted by molar-refractivity contribution is -0.118. The van der Waals surface area contributed by atoms with Crippen molar-refractivity contribution in [2.75, 3.05) is 11.9 Å². The van der Waals surface area contributed by atoms with Crippen molar-refractivity contribution in [3.63, 3.8) is 0 Å². The average molecular weight is 411 g/mol. The standard InChI is InChI=1S/C21H21N3O4S/c1-3-28-21(27)13-7-9-14(10-8-13)23-18(25)12(2)24-11-22-19-17(20(24)26)15-5-4-6-16(15)29-19/h7-12H,3-6H2,1-2H3,(H,23,25). The van der Waals surface area contributed by atoms with Gasteiger partial charge in [-0.3, -0.25) is 14.2 Å². The predicted molar refractivity (Wildman–Crippen MR) is 112 cm³/mol. The minimum Gasteiger partial charge on any atom is -0.462 e. The van der Waals surface area contributed by atoms with Crippen molar-refractivity contribution in [1.29, 1.82) is 0 Å². The zero-order valence-electron chi connectivity index (χ0n) is 16.2. The Balaban J connectivity index is 1.54. The molecule has 0 saturated heterocycles. The van der Waals surface area contributed by atoms with Gasteiger partial charge in [-0.05, 0) is 62.9 Å². The van der Waals surface area contributed by atoms with E-state index >= 15 is 0 Å². The Morgan fingerprint density at radius 3 is 2.76 bits per heavy atom. The number of benzene rings is 1. The fraction of sp³-hybridized carbons (Fsp3) is 0.333. The Morgan fingerprint density at radius 1 is 1.28 bits per heavy atom. The lowest BCUT2D eigenvalue weighted by atomic mass is 10.2. The van der Waals surface area contributed by atoms with Crippen molar-refractivity contribution >= 4 is 39.1 Å². The molecule has 1 aliphatic rings. The van der Waals surface area contributed by atoms with E-state index in [0.29, 0.717) is 23.2 Å². The van der Waals surface area contributed by atoms with Crippen LogP contribution in [-0.2, 0) is 22.4 Å². The predicted octanol–water partition coefficient (Wildman–Crippen LogP) is 3.32. The van der Waals surface area contributed by atoms with Gasteiger partial charge in [-0.1, -0.05) is 0 Å². The highest BCUT2D eigenvalue weighted by Gasteiger charge is 2.24. The molecule has 2 aromatic heterocycles.